The molecule has 3 N–H and O–H groups in total. The molecule has 0 aromatic heterocycles. The molecule has 1 heterocycles. The van der Waals surface area contributed by atoms with Crippen LogP contribution < -0.4 is 11.1 Å². The first-order valence-electron chi connectivity index (χ1n) is 6.77. The highest BCUT2D eigenvalue weighted by molar-refractivity contribution is 6.31. The van der Waals surface area contributed by atoms with Gasteiger partial charge in [0.15, 0.2) is 0 Å². The standard InChI is InChI=1S/C14H21ClFN3/c1-10-2-5-19(6-3-10)7-4-18-14-9-12(16)11(15)8-13(14)17/h8-10,18H,2-7,17H2,1H3. The maximum atomic E-state index is 13.3. The minimum absolute atomic E-state index is 0.0630. The number of benzene rings is 1. The van der Waals surface area contributed by atoms with Gasteiger partial charge in [-0.05, 0) is 37.9 Å². The molecular weight excluding hydrogens is 265 g/mol. The van der Waals surface area contributed by atoms with Crippen molar-refractivity contribution < 1.29 is 4.39 Å². The number of nitrogens with zero attached hydrogens (tertiary/aromatic N) is 1. The lowest BCUT2D eigenvalue weighted by atomic mass is 9.99. The van der Waals surface area contributed by atoms with Gasteiger partial charge in [-0.3, -0.25) is 0 Å². The van der Waals surface area contributed by atoms with E-state index in [2.05, 4.69) is 17.1 Å². The molecular formula is C14H21ClFN3. The minimum Gasteiger partial charge on any atom is -0.397 e. The summed E-state index contributed by atoms with van der Waals surface area (Å²) in [4.78, 5) is 2.43. The first-order valence-corrected chi connectivity index (χ1v) is 7.15. The molecule has 5 heteroatoms. The molecule has 19 heavy (non-hydrogen) atoms. The number of hydrogen-bond acceptors (Lipinski definition) is 3. The normalized spacial score (nSPS) is 17.6. The Morgan fingerprint density at radius 2 is 2.11 bits per heavy atom. The van der Waals surface area contributed by atoms with Crippen molar-refractivity contribution in [3.63, 3.8) is 0 Å². The molecule has 3 nitrogen and oxygen atoms in total. The molecule has 1 aliphatic rings. The zero-order chi connectivity index (χ0) is 13.8. The fraction of sp³-hybridized carbons (Fsp3) is 0.571. The first kappa shape index (κ1) is 14.4. The van der Waals surface area contributed by atoms with Crippen LogP contribution in [0.3, 0.4) is 0 Å². The predicted octanol–water partition coefficient (Wildman–Crippen LogP) is 3.21. The van der Waals surface area contributed by atoms with E-state index in [1.54, 1.807) is 0 Å². The smallest absolute Gasteiger partial charge is 0.143 e. The van der Waals surface area contributed by atoms with Crippen molar-refractivity contribution in [1.82, 2.24) is 4.90 Å². The molecule has 1 saturated heterocycles. The lowest BCUT2D eigenvalue weighted by molar-refractivity contribution is 0.199. The van der Waals surface area contributed by atoms with Crippen LogP contribution in [0, 0.1) is 11.7 Å². The summed E-state index contributed by atoms with van der Waals surface area (Å²) >= 11 is 5.66. The molecule has 1 aromatic rings. The van der Waals surface area contributed by atoms with Gasteiger partial charge in [-0.2, -0.15) is 0 Å². The van der Waals surface area contributed by atoms with E-state index in [4.69, 9.17) is 17.3 Å². The van der Waals surface area contributed by atoms with Gasteiger partial charge in [0.1, 0.15) is 5.82 Å². The summed E-state index contributed by atoms with van der Waals surface area (Å²) < 4.78 is 13.3. The zero-order valence-electron chi connectivity index (χ0n) is 11.3. The molecule has 1 aliphatic heterocycles. The average Bonchev–Trinajstić information content (AvgIpc) is 2.38. The quantitative estimate of drug-likeness (QED) is 0.835. The second kappa shape index (κ2) is 6.44. The highest BCUT2D eigenvalue weighted by atomic mass is 35.5. The van der Waals surface area contributed by atoms with Gasteiger partial charge < -0.3 is 16.0 Å². The summed E-state index contributed by atoms with van der Waals surface area (Å²) in [6.45, 7) is 6.31. The number of nitrogens with one attached hydrogen (secondary N) is 1. The SMILES string of the molecule is CC1CCN(CCNc2cc(F)c(Cl)cc2N)CC1. The van der Waals surface area contributed by atoms with Crippen molar-refractivity contribution in [2.45, 2.75) is 19.8 Å². The fourth-order valence-electron chi connectivity index (χ4n) is 2.35. The summed E-state index contributed by atoms with van der Waals surface area (Å²) in [5.74, 6) is 0.398. The second-order valence-electron chi connectivity index (χ2n) is 5.30. The van der Waals surface area contributed by atoms with Gasteiger partial charge in [0.05, 0.1) is 16.4 Å². The number of piperidine rings is 1. The Morgan fingerprint density at radius 3 is 2.79 bits per heavy atom. The largest absolute Gasteiger partial charge is 0.397 e. The minimum atomic E-state index is -0.440. The average molecular weight is 286 g/mol. The zero-order valence-corrected chi connectivity index (χ0v) is 12.0. The lowest BCUT2D eigenvalue weighted by Crippen LogP contribution is -2.36. The van der Waals surface area contributed by atoms with Crippen molar-refractivity contribution in [3.05, 3.63) is 23.0 Å². The van der Waals surface area contributed by atoms with Crippen LogP contribution >= 0.6 is 11.6 Å². The third-order valence-electron chi connectivity index (χ3n) is 3.71. The van der Waals surface area contributed by atoms with Gasteiger partial charge in [0.25, 0.3) is 0 Å². The number of rotatable bonds is 4. The van der Waals surface area contributed by atoms with E-state index in [0.29, 0.717) is 11.4 Å². The molecule has 1 aromatic carbocycles. The Bertz CT molecular complexity index is 431. The van der Waals surface area contributed by atoms with Gasteiger partial charge >= 0.3 is 0 Å². The van der Waals surface area contributed by atoms with Crippen molar-refractivity contribution in [3.8, 4) is 0 Å². The number of halogens is 2. The summed E-state index contributed by atoms with van der Waals surface area (Å²) in [6, 6.07) is 2.80. The van der Waals surface area contributed by atoms with Crippen LogP contribution in [0.4, 0.5) is 15.8 Å². The Labute approximate surface area is 118 Å². The van der Waals surface area contributed by atoms with E-state index in [-0.39, 0.29) is 5.02 Å². The maximum Gasteiger partial charge on any atom is 0.143 e. The van der Waals surface area contributed by atoms with E-state index in [1.165, 1.54) is 25.0 Å². The predicted molar refractivity (Wildman–Crippen MR) is 79.2 cm³/mol. The molecule has 0 radical (unpaired) electrons. The number of anilines is 2. The summed E-state index contributed by atoms with van der Waals surface area (Å²) in [7, 11) is 0. The Balaban J connectivity index is 1.81. The summed E-state index contributed by atoms with van der Waals surface area (Å²) in [5.41, 5.74) is 6.90. The van der Waals surface area contributed by atoms with Gasteiger partial charge in [0, 0.05) is 19.2 Å². The van der Waals surface area contributed by atoms with E-state index in [1.807, 2.05) is 0 Å². The molecule has 0 spiro atoms. The van der Waals surface area contributed by atoms with E-state index in [0.717, 1.165) is 32.1 Å². The Hall–Kier alpha value is -1.00. The second-order valence-corrected chi connectivity index (χ2v) is 5.71. The molecule has 1 fully saturated rings. The van der Waals surface area contributed by atoms with Crippen LogP contribution in [0.15, 0.2) is 12.1 Å². The van der Waals surface area contributed by atoms with Crippen molar-refractivity contribution in [2.24, 2.45) is 5.92 Å². The molecule has 0 aliphatic carbocycles. The van der Waals surface area contributed by atoms with Crippen molar-refractivity contribution >= 4 is 23.0 Å². The maximum absolute atomic E-state index is 13.3. The number of likely N-dealkylation sites (tertiary alicyclic amines) is 1. The van der Waals surface area contributed by atoms with E-state index >= 15 is 0 Å². The first-order chi connectivity index (χ1) is 9.06. The summed E-state index contributed by atoms with van der Waals surface area (Å²) in [5, 5.41) is 3.24. The van der Waals surface area contributed by atoms with Crippen LogP contribution in [-0.2, 0) is 0 Å². The summed E-state index contributed by atoms with van der Waals surface area (Å²) in [6.07, 6.45) is 2.52. The molecule has 2 rings (SSSR count). The highest BCUT2D eigenvalue weighted by Crippen LogP contribution is 2.26. The van der Waals surface area contributed by atoms with Gasteiger partial charge in [-0.15, -0.1) is 0 Å². The topological polar surface area (TPSA) is 41.3 Å². The molecule has 0 amide bonds. The third kappa shape index (κ3) is 3.98. The third-order valence-corrected chi connectivity index (χ3v) is 4.00. The van der Waals surface area contributed by atoms with Crippen LogP contribution in [0.5, 0.6) is 0 Å². The molecule has 0 atom stereocenters. The van der Waals surface area contributed by atoms with Crippen LogP contribution in [0.1, 0.15) is 19.8 Å². The molecule has 0 unspecified atom stereocenters. The van der Waals surface area contributed by atoms with E-state index < -0.39 is 5.82 Å². The van der Waals surface area contributed by atoms with Crippen LogP contribution in [-0.4, -0.2) is 31.1 Å². The van der Waals surface area contributed by atoms with Crippen molar-refractivity contribution in [2.75, 3.05) is 37.2 Å². The number of hydrogen-bond donors (Lipinski definition) is 2. The van der Waals surface area contributed by atoms with Crippen LogP contribution in [0.2, 0.25) is 5.02 Å². The highest BCUT2D eigenvalue weighted by Gasteiger charge is 2.15. The molecule has 0 bridgehead atoms. The number of nitrogen functional groups attached to an aromatic ring is 1. The van der Waals surface area contributed by atoms with Gasteiger partial charge in [-0.1, -0.05) is 18.5 Å². The Kier molecular flexibility index (Phi) is 4.88. The monoisotopic (exact) mass is 285 g/mol. The van der Waals surface area contributed by atoms with Gasteiger partial charge in [-0.25, -0.2) is 4.39 Å². The van der Waals surface area contributed by atoms with Gasteiger partial charge in [0.2, 0.25) is 0 Å². The van der Waals surface area contributed by atoms with E-state index in [9.17, 15) is 4.39 Å². The molecule has 0 saturated carbocycles. The fourth-order valence-corrected chi connectivity index (χ4v) is 2.52. The Morgan fingerprint density at radius 1 is 1.42 bits per heavy atom. The number of nitrogens with two attached hydrogens (primary N) is 1. The lowest BCUT2D eigenvalue weighted by Gasteiger charge is -2.30. The molecule has 106 valence electrons. The van der Waals surface area contributed by atoms with Crippen LogP contribution in [0.25, 0.3) is 0 Å². The van der Waals surface area contributed by atoms with Crippen molar-refractivity contribution in [1.29, 1.82) is 0 Å².